The van der Waals surface area contributed by atoms with Crippen LogP contribution in [0.4, 0.5) is 10.6 Å². The van der Waals surface area contributed by atoms with Gasteiger partial charge in [0.15, 0.2) is 5.82 Å². The lowest BCUT2D eigenvalue weighted by molar-refractivity contribution is -0.140. The first-order chi connectivity index (χ1) is 12.3. The molecule has 2 aliphatic heterocycles. The summed E-state index contributed by atoms with van der Waals surface area (Å²) in [5.74, 6) is 1.26. The molecule has 7 nitrogen and oxygen atoms in total. The number of nitrogens with zero attached hydrogens (tertiary/aromatic N) is 4. The van der Waals surface area contributed by atoms with Gasteiger partial charge in [-0.25, -0.2) is 9.78 Å². The molecular formula is C19H28N4O3. The molecule has 1 atom stereocenters. The van der Waals surface area contributed by atoms with Gasteiger partial charge in [0, 0.05) is 30.9 Å². The lowest BCUT2D eigenvalue weighted by atomic mass is 9.89. The van der Waals surface area contributed by atoms with E-state index >= 15 is 0 Å². The van der Waals surface area contributed by atoms with Crippen LogP contribution in [0.3, 0.4) is 0 Å². The second-order valence-corrected chi connectivity index (χ2v) is 8.32. The summed E-state index contributed by atoms with van der Waals surface area (Å²) in [6.07, 6.45) is 5.44. The number of aromatic nitrogens is 2. The van der Waals surface area contributed by atoms with Crippen LogP contribution in [0.2, 0.25) is 0 Å². The van der Waals surface area contributed by atoms with Crippen molar-refractivity contribution in [2.75, 3.05) is 24.5 Å². The molecule has 26 heavy (non-hydrogen) atoms. The Kier molecular flexibility index (Phi) is 5.16. The average molecular weight is 360 g/mol. The number of carbonyl (C=O) groups excluding carboxylic acids is 2. The third kappa shape index (κ3) is 3.97. The van der Waals surface area contributed by atoms with Gasteiger partial charge in [-0.3, -0.25) is 14.7 Å². The quantitative estimate of drug-likeness (QED) is 0.828. The zero-order valence-corrected chi connectivity index (χ0v) is 16.1. The van der Waals surface area contributed by atoms with E-state index in [-0.39, 0.29) is 23.5 Å². The number of cyclic esters (lactones) is 1. The molecule has 3 rings (SSSR count). The molecule has 2 aliphatic rings. The van der Waals surface area contributed by atoms with Gasteiger partial charge in [-0.1, -0.05) is 20.8 Å². The zero-order chi connectivity index (χ0) is 18.9. The highest BCUT2D eigenvalue weighted by Crippen LogP contribution is 2.29. The van der Waals surface area contributed by atoms with Crippen molar-refractivity contribution in [3.8, 4) is 0 Å². The van der Waals surface area contributed by atoms with Crippen LogP contribution in [-0.2, 0) is 16.0 Å². The van der Waals surface area contributed by atoms with Crippen molar-refractivity contribution in [2.45, 2.75) is 53.1 Å². The van der Waals surface area contributed by atoms with Crippen molar-refractivity contribution < 1.29 is 14.3 Å². The van der Waals surface area contributed by atoms with Crippen LogP contribution >= 0.6 is 0 Å². The molecule has 0 N–H and O–H groups in total. The van der Waals surface area contributed by atoms with E-state index in [9.17, 15) is 9.59 Å². The SMILES string of the molecule is C[C@@H]1CN(c2nccnc2CC2CCN(C(=O)C(C)(C)C)CC2)C(=O)O1. The van der Waals surface area contributed by atoms with E-state index in [4.69, 9.17) is 4.74 Å². The second kappa shape index (κ2) is 7.21. The van der Waals surface area contributed by atoms with Gasteiger partial charge < -0.3 is 9.64 Å². The Hall–Kier alpha value is -2.18. The van der Waals surface area contributed by atoms with Gasteiger partial charge in [0.25, 0.3) is 0 Å². The number of carbonyl (C=O) groups is 2. The van der Waals surface area contributed by atoms with Gasteiger partial charge in [-0.05, 0) is 32.1 Å². The fourth-order valence-corrected chi connectivity index (χ4v) is 3.59. The summed E-state index contributed by atoms with van der Waals surface area (Å²) >= 11 is 0. The summed E-state index contributed by atoms with van der Waals surface area (Å²) in [6.45, 7) is 9.81. The van der Waals surface area contributed by atoms with Crippen molar-refractivity contribution in [1.29, 1.82) is 0 Å². The molecule has 0 aromatic carbocycles. The van der Waals surface area contributed by atoms with Crippen molar-refractivity contribution in [3.05, 3.63) is 18.1 Å². The minimum absolute atomic E-state index is 0.135. The van der Waals surface area contributed by atoms with E-state index in [0.717, 1.165) is 38.0 Å². The highest BCUT2D eigenvalue weighted by atomic mass is 16.6. The standard InChI is InChI=1S/C19H28N4O3/c1-13-12-23(18(25)26-13)16-15(20-7-8-21-16)11-14-5-9-22(10-6-14)17(24)19(2,3)4/h7-8,13-14H,5-6,9-12H2,1-4H3/t13-/m1/s1. The number of ether oxygens (including phenoxy) is 1. The van der Waals surface area contributed by atoms with E-state index in [0.29, 0.717) is 18.3 Å². The van der Waals surface area contributed by atoms with E-state index in [1.807, 2.05) is 32.6 Å². The van der Waals surface area contributed by atoms with Crippen LogP contribution in [0.25, 0.3) is 0 Å². The Balaban J connectivity index is 1.64. The van der Waals surface area contributed by atoms with E-state index in [1.54, 1.807) is 17.3 Å². The van der Waals surface area contributed by atoms with E-state index in [1.165, 1.54) is 0 Å². The summed E-state index contributed by atoms with van der Waals surface area (Å²) in [7, 11) is 0. The lowest BCUT2D eigenvalue weighted by Gasteiger charge is -2.35. The maximum absolute atomic E-state index is 12.4. The summed E-state index contributed by atoms with van der Waals surface area (Å²) < 4.78 is 5.22. The fraction of sp³-hybridized carbons (Fsp3) is 0.684. The first-order valence-corrected chi connectivity index (χ1v) is 9.33. The number of rotatable bonds is 3. The Morgan fingerprint density at radius 1 is 1.23 bits per heavy atom. The molecule has 2 saturated heterocycles. The van der Waals surface area contributed by atoms with E-state index in [2.05, 4.69) is 9.97 Å². The van der Waals surface area contributed by atoms with Crippen molar-refractivity contribution in [2.24, 2.45) is 11.3 Å². The topological polar surface area (TPSA) is 75.6 Å². The first kappa shape index (κ1) is 18.6. The monoisotopic (exact) mass is 360 g/mol. The summed E-state index contributed by atoms with van der Waals surface area (Å²) in [6, 6.07) is 0. The third-order valence-corrected chi connectivity index (χ3v) is 5.00. The predicted molar refractivity (Wildman–Crippen MR) is 97.8 cm³/mol. The van der Waals surface area contributed by atoms with Crippen LogP contribution in [0.1, 0.15) is 46.2 Å². The van der Waals surface area contributed by atoms with Gasteiger partial charge >= 0.3 is 6.09 Å². The Bertz CT molecular complexity index is 678. The number of anilines is 1. The molecule has 0 spiro atoms. The maximum atomic E-state index is 12.4. The number of hydrogen-bond acceptors (Lipinski definition) is 5. The van der Waals surface area contributed by atoms with Gasteiger partial charge in [0.2, 0.25) is 5.91 Å². The predicted octanol–water partition coefficient (Wildman–Crippen LogP) is 2.65. The molecule has 1 aromatic rings. The van der Waals surface area contributed by atoms with Crippen LogP contribution in [0, 0.1) is 11.3 Å². The van der Waals surface area contributed by atoms with Gasteiger partial charge in [0.05, 0.1) is 12.2 Å². The molecule has 3 heterocycles. The average Bonchev–Trinajstić information content (AvgIpc) is 2.93. The molecule has 0 unspecified atom stereocenters. The molecule has 0 bridgehead atoms. The highest BCUT2D eigenvalue weighted by molar-refractivity contribution is 5.89. The van der Waals surface area contributed by atoms with Gasteiger partial charge in [-0.15, -0.1) is 0 Å². The molecule has 2 amide bonds. The number of amides is 2. The van der Waals surface area contributed by atoms with Crippen LogP contribution in [0.5, 0.6) is 0 Å². The Morgan fingerprint density at radius 3 is 2.46 bits per heavy atom. The van der Waals surface area contributed by atoms with E-state index < -0.39 is 0 Å². The van der Waals surface area contributed by atoms with Crippen molar-refractivity contribution >= 4 is 17.8 Å². The first-order valence-electron chi connectivity index (χ1n) is 9.33. The molecule has 0 aliphatic carbocycles. The molecule has 7 heteroatoms. The number of likely N-dealkylation sites (tertiary alicyclic amines) is 1. The number of hydrogen-bond donors (Lipinski definition) is 0. The summed E-state index contributed by atoms with van der Waals surface area (Å²) in [5, 5.41) is 0. The molecule has 0 radical (unpaired) electrons. The van der Waals surface area contributed by atoms with Crippen LogP contribution in [-0.4, -0.2) is 52.6 Å². The molecule has 2 fully saturated rings. The van der Waals surface area contributed by atoms with Crippen molar-refractivity contribution in [1.82, 2.24) is 14.9 Å². The largest absolute Gasteiger partial charge is 0.444 e. The van der Waals surface area contributed by atoms with Crippen LogP contribution in [0.15, 0.2) is 12.4 Å². The summed E-state index contributed by atoms with van der Waals surface area (Å²) in [5.41, 5.74) is 0.497. The maximum Gasteiger partial charge on any atom is 0.415 e. The van der Waals surface area contributed by atoms with Crippen LogP contribution < -0.4 is 4.90 Å². The Labute approximate surface area is 154 Å². The minimum Gasteiger partial charge on any atom is -0.444 e. The second-order valence-electron chi connectivity index (χ2n) is 8.32. The highest BCUT2D eigenvalue weighted by Gasteiger charge is 2.34. The minimum atomic E-state index is -0.357. The third-order valence-electron chi connectivity index (χ3n) is 5.00. The molecule has 1 aromatic heterocycles. The Morgan fingerprint density at radius 2 is 1.88 bits per heavy atom. The smallest absolute Gasteiger partial charge is 0.415 e. The zero-order valence-electron chi connectivity index (χ0n) is 16.1. The van der Waals surface area contributed by atoms with Gasteiger partial charge in [0.1, 0.15) is 6.10 Å². The normalized spacial score (nSPS) is 21.8. The molecule has 0 saturated carbocycles. The number of piperidine rings is 1. The molecular weight excluding hydrogens is 332 g/mol. The fourth-order valence-electron chi connectivity index (χ4n) is 3.59. The van der Waals surface area contributed by atoms with Crippen molar-refractivity contribution in [3.63, 3.8) is 0 Å². The molecule has 142 valence electrons. The lowest BCUT2D eigenvalue weighted by Crippen LogP contribution is -2.44. The summed E-state index contributed by atoms with van der Waals surface area (Å²) in [4.78, 5) is 36.9. The van der Waals surface area contributed by atoms with Gasteiger partial charge in [-0.2, -0.15) is 0 Å².